The lowest BCUT2D eigenvalue weighted by molar-refractivity contribution is 0.406. The third-order valence-electron chi connectivity index (χ3n) is 5.13. The normalized spacial score (nSPS) is 11.4. The number of pyridine rings is 2. The van der Waals surface area contributed by atoms with Gasteiger partial charge < -0.3 is 14.5 Å². The van der Waals surface area contributed by atoms with Crippen molar-refractivity contribution in [3.63, 3.8) is 0 Å². The number of imidazole rings is 1. The minimum atomic E-state index is -0.687. The molecule has 5 aromatic rings. The SMILES string of the molecule is COc1cc2ncc3[nH]c(=O)n(-c4c(F)cncc4OC)c3c2cc1-c1cnn(C)c1. The molecule has 0 saturated heterocycles. The quantitative estimate of drug-likeness (QED) is 0.480. The summed E-state index contributed by atoms with van der Waals surface area (Å²) < 4.78 is 28.6. The van der Waals surface area contributed by atoms with E-state index in [0.717, 1.165) is 17.3 Å². The summed E-state index contributed by atoms with van der Waals surface area (Å²) in [5, 5.41) is 4.86. The van der Waals surface area contributed by atoms with Crippen molar-refractivity contribution in [2.24, 2.45) is 7.05 Å². The summed E-state index contributed by atoms with van der Waals surface area (Å²) in [6.07, 6.45) is 7.50. The first-order valence-corrected chi connectivity index (χ1v) is 9.30. The van der Waals surface area contributed by atoms with Gasteiger partial charge in [-0.1, -0.05) is 0 Å². The molecular formula is C21H17FN6O3. The molecule has 1 N–H and O–H groups in total. The number of ether oxygens (including phenoxy) is 2. The van der Waals surface area contributed by atoms with E-state index in [2.05, 4.69) is 20.1 Å². The van der Waals surface area contributed by atoms with Gasteiger partial charge in [-0.05, 0) is 6.07 Å². The van der Waals surface area contributed by atoms with Crippen LogP contribution < -0.4 is 15.2 Å². The van der Waals surface area contributed by atoms with Crippen LogP contribution in [0.15, 0.2) is 47.9 Å². The van der Waals surface area contributed by atoms with E-state index in [1.165, 1.54) is 24.1 Å². The maximum absolute atomic E-state index is 14.8. The molecule has 0 spiro atoms. The third kappa shape index (κ3) is 2.83. The largest absolute Gasteiger partial charge is 0.496 e. The van der Waals surface area contributed by atoms with Crippen molar-refractivity contribution in [1.29, 1.82) is 0 Å². The van der Waals surface area contributed by atoms with Crippen molar-refractivity contribution in [3.05, 3.63) is 59.4 Å². The first-order chi connectivity index (χ1) is 15.0. The maximum atomic E-state index is 14.8. The summed E-state index contributed by atoms with van der Waals surface area (Å²) in [6, 6.07) is 3.63. The van der Waals surface area contributed by atoms with Crippen LogP contribution >= 0.6 is 0 Å². The molecule has 9 nitrogen and oxygen atoms in total. The molecular weight excluding hydrogens is 403 g/mol. The second kappa shape index (κ2) is 6.94. The van der Waals surface area contributed by atoms with Crippen LogP contribution in [0.2, 0.25) is 0 Å². The highest BCUT2D eigenvalue weighted by Crippen LogP contribution is 2.37. The molecule has 10 heteroatoms. The van der Waals surface area contributed by atoms with E-state index in [-0.39, 0.29) is 11.4 Å². The molecule has 0 amide bonds. The molecule has 156 valence electrons. The van der Waals surface area contributed by atoms with Crippen LogP contribution in [0.5, 0.6) is 11.5 Å². The Bertz CT molecular complexity index is 1520. The van der Waals surface area contributed by atoms with E-state index < -0.39 is 11.5 Å². The third-order valence-corrected chi connectivity index (χ3v) is 5.13. The Morgan fingerprint density at radius 3 is 2.58 bits per heavy atom. The first kappa shape index (κ1) is 18.8. The van der Waals surface area contributed by atoms with Gasteiger partial charge in [0.2, 0.25) is 0 Å². The molecule has 31 heavy (non-hydrogen) atoms. The Labute approximate surface area is 174 Å². The molecule has 0 bridgehead atoms. The van der Waals surface area contributed by atoms with E-state index in [1.54, 1.807) is 24.1 Å². The van der Waals surface area contributed by atoms with Crippen molar-refractivity contribution in [2.45, 2.75) is 0 Å². The fraction of sp³-hybridized carbons (Fsp3) is 0.143. The number of rotatable bonds is 4. The molecule has 0 aliphatic rings. The minimum absolute atomic E-state index is 0.0278. The van der Waals surface area contributed by atoms with Crippen LogP contribution in [0.1, 0.15) is 0 Å². The molecule has 1 aromatic carbocycles. The zero-order valence-corrected chi connectivity index (χ0v) is 16.9. The van der Waals surface area contributed by atoms with Gasteiger partial charge in [-0.3, -0.25) is 19.2 Å². The Balaban J connectivity index is 1.92. The topological polar surface area (TPSA) is 99.8 Å². The smallest absolute Gasteiger partial charge is 0.331 e. The Hall–Kier alpha value is -4.21. The number of halogens is 1. The molecule has 0 saturated carbocycles. The van der Waals surface area contributed by atoms with Gasteiger partial charge in [-0.15, -0.1) is 0 Å². The molecule has 4 heterocycles. The monoisotopic (exact) mass is 420 g/mol. The fourth-order valence-electron chi connectivity index (χ4n) is 3.76. The lowest BCUT2D eigenvalue weighted by atomic mass is 10.0. The number of aromatic nitrogens is 6. The van der Waals surface area contributed by atoms with Gasteiger partial charge in [0.1, 0.15) is 11.4 Å². The zero-order valence-electron chi connectivity index (χ0n) is 16.9. The highest BCUT2D eigenvalue weighted by Gasteiger charge is 2.21. The molecule has 0 unspecified atom stereocenters. The van der Waals surface area contributed by atoms with Crippen LogP contribution in [-0.2, 0) is 7.05 Å². The van der Waals surface area contributed by atoms with Gasteiger partial charge >= 0.3 is 5.69 Å². The number of nitrogens with one attached hydrogen (secondary N) is 1. The first-order valence-electron chi connectivity index (χ1n) is 9.30. The predicted molar refractivity (Wildman–Crippen MR) is 112 cm³/mol. The van der Waals surface area contributed by atoms with Gasteiger partial charge in [0, 0.05) is 35.8 Å². The Morgan fingerprint density at radius 1 is 1.06 bits per heavy atom. The number of hydrogen-bond donors (Lipinski definition) is 1. The summed E-state index contributed by atoms with van der Waals surface area (Å²) in [4.78, 5) is 23.9. The van der Waals surface area contributed by atoms with Gasteiger partial charge in [0.05, 0.1) is 55.6 Å². The molecule has 0 atom stereocenters. The Kier molecular flexibility index (Phi) is 4.21. The van der Waals surface area contributed by atoms with E-state index in [4.69, 9.17) is 9.47 Å². The number of nitrogens with zero attached hydrogens (tertiary/aromatic N) is 5. The van der Waals surface area contributed by atoms with Crippen molar-refractivity contribution in [3.8, 4) is 28.3 Å². The van der Waals surface area contributed by atoms with Gasteiger partial charge in [0.25, 0.3) is 0 Å². The van der Waals surface area contributed by atoms with Crippen molar-refractivity contribution < 1.29 is 13.9 Å². The van der Waals surface area contributed by atoms with Crippen molar-refractivity contribution in [2.75, 3.05) is 14.2 Å². The highest BCUT2D eigenvalue weighted by atomic mass is 19.1. The zero-order chi connectivity index (χ0) is 21.7. The van der Waals surface area contributed by atoms with Crippen LogP contribution in [0.4, 0.5) is 4.39 Å². The van der Waals surface area contributed by atoms with E-state index >= 15 is 0 Å². The van der Waals surface area contributed by atoms with E-state index in [0.29, 0.717) is 27.7 Å². The lowest BCUT2D eigenvalue weighted by Crippen LogP contribution is -2.17. The van der Waals surface area contributed by atoms with Crippen molar-refractivity contribution in [1.82, 2.24) is 29.3 Å². The van der Waals surface area contributed by atoms with E-state index in [9.17, 15) is 9.18 Å². The average molecular weight is 420 g/mol. The standard InChI is InChI=1S/C21H17FN6O3/c1-27-10-11(6-25-27)12-4-13-15(5-17(12)30-2)24-8-16-19(13)28(21(29)26-16)20-14(22)7-23-9-18(20)31-3/h4-10H,1-3H3,(H,26,29). The maximum Gasteiger partial charge on any atom is 0.331 e. The number of aromatic amines is 1. The van der Waals surface area contributed by atoms with Gasteiger partial charge in [-0.25, -0.2) is 9.18 Å². The lowest BCUT2D eigenvalue weighted by Gasteiger charge is -2.13. The number of H-pyrrole nitrogens is 1. The second-order valence-electron chi connectivity index (χ2n) is 6.93. The summed E-state index contributed by atoms with van der Waals surface area (Å²) in [5.74, 6) is 0.0479. The molecule has 0 aliphatic carbocycles. The van der Waals surface area contributed by atoms with Crippen LogP contribution in [0, 0.1) is 5.82 Å². The summed E-state index contributed by atoms with van der Waals surface area (Å²) >= 11 is 0. The van der Waals surface area contributed by atoms with Crippen LogP contribution in [-0.4, -0.2) is 43.5 Å². The molecule has 5 rings (SSSR count). The number of methoxy groups -OCH3 is 2. The number of fused-ring (bicyclic) bond motifs is 3. The van der Waals surface area contributed by atoms with Gasteiger partial charge in [0.15, 0.2) is 11.6 Å². The molecule has 0 fully saturated rings. The number of benzene rings is 1. The minimum Gasteiger partial charge on any atom is -0.496 e. The Morgan fingerprint density at radius 2 is 1.87 bits per heavy atom. The second-order valence-corrected chi connectivity index (χ2v) is 6.93. The van der Waals surface area contributed by atoms with Gasteiger partial charge in [-0.2, -0.15) is 5.10 Å². The summed E-state index contributed by atoms with van der Waals surface area (Å²) in [5.41, 5.74) is 2.55. The van der Waals surface area contributed by atoms with Crippen LogP contribution in [0.3, 0.4) is 0 Å². The highest BCUT2D eigenvalue weighted by molar-refractivity contribution is 6.05. The number of hydrogen-bond acceptors (Lipinski definition) is 6. The molecule has 0 aliphatic heterocycles. The van der Waals surface area contributed by atoms with E-state index in [1.807, 2.05) is 19.3 Å². The van der Waals surface area contributed by atoms with Crippen LogP contribution in [0.25, 0.3) is 38.8 Å². The molecule has 0 radical (unpaired) electrons. The number of aryl methyl sites for hydroxylation is 1. The van der Waals surface area contributed by atoms with Crippen molar-refractivity contribution >= 4 is 21.9 Å². The molecule has 4 aromatic heterocycles. The summed E-state index contributed by atoms with van der Waals surface area (Å²) in [6.45, 7) is 0. The summed E-state index contributed by atoms with van der Waals surface area (Å²) in [7, 11) is 4.78. The average Bonchev–Trinajstić information content (AvgIpc) is 3.35. The fourth-order valence-corrected chi connectivity index (χ4v) is 3.76. The predicted octanol–water partition coefficient (Wildman–Crippen LogP) is 2.82.